The maximum atomic E-state index is 13.2. The van der Waals surface area contributed by atoms with Crippen LogP contribution < -0.4 is 10.5 Å². The molecule has 0 saturated carbocycles. The number of halogens is 3. The lowest BCUT2D eigenvalue weighted by atomic mass is 10.2. The van der Waals surface area contributed by atoms with Crippen LogP contribution in [0.4, 0.5) is 13.2 Å². The Morgan fingerprint density at radius 3 is 2.60 bits per heavy atom. The third-order valence-electron chi connectivity index (χ3n) is 2.95. The standard InChI is InChI=1S/C13H14F3N3O/c1-8-11(7-17)12(13(14,15)16)19(18-8)9-4-3-5-10(6-9)20-2/h3-6H,7,17H2,1-2H3. The minimum absolute atomic E-state index is 0.000296. The number of hydrogen-bond acceptors (Lipinski definition) is 3. The molecular formula is C13H14F3N3O. The highest BCUT2D eigenvalue weighted by Gasteiger charge is 2.39. The molecule has 0 amide bonds. The van der Waals surface area contributed by atoms with Crippen LogP contribution in [-0.4, -0.2) is 16.9 Å². The third kappa shape index (κ3) is 2.49. The van der Waals surface area contributed by atoms with Crippen LogP contribution >= 0.6 is 0 Å². The van der Waals surface area contributed by atoms with Gasteiger partial charge in [0.05, 0.1) is 18.5 Å². The summed E-state index contributed by atoms with van der Waals surface area (Å²) in [5.41, 5.74) is 5.12. The fraction of sp³-hybridized carbons (Fsp3) is 0.308. The fourth-order valence-corrected chi connectivity index (χ4v) is 2.02. The monoisotopic (exact) mass is 285 g/mol. The van der Waals surface area contributed by atoms with E-state index in [0.717, 1.165) is 4.68 Å². The van der Waals surface area contributed by atoms with Gasteiger partial charge in [0, 0.05) is 18.2 Å². The van der Waals surface area contributed by atoms with Crippen molar-refractivity contribution in [3.8, 4) is 11.4 Å². The summed E-state index contributed by atoms with van der Waals surface area (Å²) in [6, 6.07) is 6.27. The minimum Gasteiger partial charge on any atom is -0.497 e. The summed E-state index contributed by atoms with van der Waals surface area (Å²) in [4.78, 5) is 0. The van der Waals surface area contributed by atoms with Gasteiger partial charge in [-0.3, -0.25) is 0 Å². The zero-order valence-electron chi connectivity index (χ0n) is 11.0. The van der Waals surface area contributed by atoms with Crippen molar-refractivity contribution >= 4 is 0 Å². The smallest absolute Gasteiger partial charge is 0.433 e. The third-order valence-corrected chi connectivity index (χ3v) is 2.95. The van der Waals surface area contributed by atoms with Gasteiger partial charge in [-0.1, -0.05) is 6.07 Å². The lowest BCUT2D eigenvalue weighted by Crippen LogP contribution is -2.16. The molecule has 0 spiro atoms. The van der Waals surface area contributed by atoms with E-state index in [4.69, 9.17) is 10.5 Å². The maximum Gasteiger partial charge on any atom is 0.433 e. The van der Waals surface area contributed by atoms with Gasteiger partial charge in [0.1, 0.15) is 5.75 Å². The summed E-state index contributed by atoms with van der Waals surface area (Å²) in [6.07, 6.45) is -4.53. The molecule has 0 aliphatic heterocycles. The summed E-state index contributed by atoms with van der Waals surface area (Å²) in [7, 11) is 1.45. The SMILES string of the molecule is COc1cccc(-n2nc(C)c(CN)c2C(F)(F)F)c1. The summed E-state index contributed by atoms with van der Waals surface area (Å²) >= 11 is 0. The van der Waals surface area contributed by atoms with Crippen LogP contribution in [0.5, 0.6) is 5.75 Å². The van der Waals surface area contributed by atoms with Gasteiger partial charge in [0.25, 0.3) is 0 Å². The van der Waals surface area contributed by atoms with Gasteiger partial charge in [0.2, 0.25) is 0 Å². The molecule has 0 saturated heterocycles. The molecule has 0 atom stereocenters. The van der Waals surface area contributed by atoms with Gasteiger partial charge in [0.15, 0.2) is 5.69 Å². The van der Waals surface area contributed by atoms with Crippen molar-refractivity contribution in [3.63, 3.8) is 0 Å². The Morgan fingerprint density at radius 2 is 2.05 bits per heavy atom. The van der Waals surface area contributed by atoms with Crippen LogP contribution in [0, 0.1) is 6.92 Å². The highest BCUT2D eigenvalue weighted by atomic mass is 19.4. The largest absolute Gasteiger partial charge is 0.497 e. The van der Waals surface area contributed by atoms with Crippen LogP contribution in [0.1, 0.15) is 17.0 Å². The number of benzene rings is 1. The van der Waals surface area contributed by atoms with E-state index in [-0.39, 0.29) is 23.5 Å². The molecule has 1 aromatic carbocycles. The average Bonchev–Trinajstić information content (AvgIpc) is 2.75. The van der Waals surface area contributed by atoms with Gasteiger partial charge in [-0.2, -0.15) is 18.3 Å². The van der Waals surface area contributed by atoms with Gasteiger partial charge < -0.3 is 10.5 Å². The van der Waals surface area contributed by atoms with Crippen molar-refractivity contribution in [2.75, 3.05) is 7.11 Å². The zero-order valence-corrected chi connectivity index (χ0v) is 11.0. The molecule has 7 heteroatoms. The molecule has 1 aromatic heterocycles. The summed E-state index contributed by atoms with van der Waals surface area (Å²) in [5, 5.41) is 3.95. The van der Waals surface area contributed by atoms with E-state index in [1.807, 2.05) is 0 Å². The number of aromatic nitrogens is 2. The normalized spacial score (nSPS) is 11.7. The van der Waals surface area contributed by atoms with Crippen LogP contribution in [0.25, 0.3) is 5.69 Å². The lowest BCUT2D eigenvalue weighted by molar-refractivity contribution is -0.143. The molecule has 0 bridgehead atoms. The van der Waals surface area contributed by atoms with E-state index in [9.17, 15) is 13.2 Å². The molecule has 2 rings (SSSR count). The molecular weight excluding hydrogens is 271 g/mol. The van der Waals surface area contributed by atoms with Crippen LogP contribution in [-0.2, 0) is 12.7 Å². The molecule has 2 aromatic rings. The Morgan fingerprint density at radius 1 is 1.35 bits per heavy atom. The Bertz CT molecular complexity index is 620. The second-order valence-electron chi connectivity index (χ2n) is 4.23. The molecule has 1 heterocycles. The van der Waals surface area contributed by atoms with Gasteiger partial charge in [-0.05, 0) is 19.1 Å². The maximum absolute atomic E-state index is 13.2. The van der Waals surface area contributed by atoms with E-state index >= 15 is 0 Å². The van der Waals surface area contributed by atoms with E-state index < -0.39 is 11.9 Å². The predicted octanol–water partition coefficient (Wildman–Crippen LogP) is 2.67. The van der Waals surface area contributed by atoms with Crippen molar-refractivity contribution in [2.45, 2.75) is 19.6 Å². The molecule has 2 N–H and O–H groups in total. The molecule has 0 fully saturated rings. The van der Waals surface area contributed by atoms with Crippen molar-refractivity contribution in [2.24, 2.45) is 5.73 Å². The number of rotatable bonds is 3. The molecule has 4 nitrogen and oxygen atoms in total. The second kappa shape index (κ2) is 5.16. The topological polar surface area (TPSA) is 53.1 Å². The molecule has 0 aliphatic rings. The van der Waals surface area contributed by atoms with Crippen molar-refractivity contribution in [3.05, 3.63) is 41.2 Å². The molecule has 108 valence electrons. The number of ether oxygens (including phenoxy) is 1. The first kappa shape index (κ1) is 14.4. The second-order valence-corrected chi connectivity index (χ2v) is 4.23. The summed E-state index contributed by atoms with van der Waals surface area (Å²) in [5.74, 6) is 0.457. The summed E-state index contributed by atoms with van der Waals surface area (Å²) in [6.45, 7) is 1.29. The zero-order chi connectivity index (χ0) is 14.9. The van der Waals surface area contributed by atoms with E-state index in [1.54, 1.807) is 12.1 Å². The molecule has 20 heavy (non-hydrogen) atoms. The highest BCUT2D eigenvalue weighted by molar-refractivity contribution is 5.43. The van der Waals surface area contributed by atoms with Gasteiger partial charge in [-0.25, -0.2) is 4.68 Å². The first-order valence-corrected chi connectivity index (χ1v) is 5.88. The number of alkyl halides is 3. The lowest BCUT2D eigenvalue weighted by Gasteiger charge is -2.12. The number of nitrogens with two attached hydrogens (primary N) is 1. The van der Waals surface area contributed by atoms with Gasteiger partial charge >= 0.3 is 6.18 Å². The van der Waals surface area contributed by atoms with Crippen LogP contribution in [0.15, 0.2) is 24.3 Å². The Hall–Kier alpha value is -2.02. The van der Waals surface area contributed by atoms with E-state index in [2.05, 4.69) is 5.10 Å². The van der Waals surface area contributed by atoms with E-state index in [1.165, 1.54) is 26.2 Å². The number of methoxy groups -OCH3 is 1. The highest BCUT2D eigenvalue weighted by Crippen LogP contribution is 2.35. The average molecular weight is 285 g/mol. The van der Waals surface area contributed by atoms with Crippen LogP contribution in [0.3, 0.4) is 0 Å². The number of aryl methyl sites for hydroxylation is 1. The minimum atomic E-state index is -4.53. The Labute approximate surface area is 114 Å². The van der Waals surface area contributed by atoms with Crippen molar-refractivity contribution in [1.82, 2.24) is 9.78 Å². The Kier molecular flexibility index (Phi) is 3.71. The predicted molar refractivity (Wildman–Crippen MR) is 67.7 cm³/mol. The first-order valence-electron chi connectivity index (χ1n) is 5.88. The van der Waals surface area contributed by atoms with E-state index in [0.29, 0.717) is 5.75 Å². The van der Waals surface area contributed by atoms with Gasteiger partial charge in [-0.15, -0.1) is 0 Å². The van der Waals surface area contributed by atoms with Crippen LogP contribution in [0.2, 0.25) is 0 Å². The Balaban J connectivity index is 2.67. The first-order chi connectivity index (χ1) is 9.38. The fourth-order valence-electron chi connectivity index (χ4n) is 2.02. The molecule has 0 unspecified atom stereocenters. The van der Waals surface area contributed by atoms with Crippen molar-refractivity contribution in [1.29, 1.82) is 0 Å². The molecule has 0 radical (unpaired) electrons. The van der Waals surface area contributed by atoms with Crippen molar-refractivity contribution < 1.29 is 17.9 Å². The summed E-state index contributed by atoms with van der Waals surface area (Å²) < 4.78 is 45.6. The quantitative estimate of drug-likeness (QED) is 0.943. The molecule has 0 aliphatic carbocycles. The number of nitrogens with zero attached hydrogens (tertiary/aromatic N) is 2. The number of hydrogen-bond donors (Lipinski definition) is 1.